The van der Waals surface area contributed by atoms with E-state index in [1.165, 1.54) is 5.82 Å². The van der Waals surface area contributed by atoms with Gasteiger partial charge in [-0.05, 0) is 13.8 Å². The first-order valence-corrected chi connectivity index (χ1v) is 6.23. The molecule has 0 aliphatic heterocycles. The van der Waals surface area contributed by atoms with Gasteiger partial charge in [-0.3, -0.25) is 0 Å². The monoisotopic (exact) mass is 257 g/mol. The van der Waals surface area contributed by atoms with Crippen molar-refractivity contribution in [2.24, 2.45) is 0 Å². The Morgan fingerprint density at radius 1 is 1.19 bits per heavy atom. The fourth-order valence-electron chi connectivity index (χ4n) is 2.25. The summed E-state index contributed by atoms with van der Waals surface area (Å²) in [4.78, 5) is 0. The normalized spacial score (nSPS) is 11.3. The maximum absolute atomic E-state index is 6.07. The molecule has 0 unspecified atom stereocenters. The molecule has 0 spiro atoms. The van der Waals surface area contributed by atoms with Crippen LogP contribution in [0.2, 0.25) is 10.0 Å². The fraction of sp³-hybridized carbons (Fsp3) is 0.417. The zero-order chi connectivity index (χ0) is 11.9. The molecule has 0 fully saturated rings. The summed E-state index contributed by atoms with van der Waals surface area (Å²) in [6, 6.07) is 3.89. The minimum absolute atomic E-state index is 0.615. The molecule has 16 heavy (non-hydrogen) atoms. The second kappa shape index (κ2) is 4.27. The number of fused-ring (bicyclic) bond motifs is 1. The van der Waals surface area contributed by atoms with E-state index in [0.717, 1.165) is 24.1 Å². The number of imidazole rings is 1. The predicted octanol–water partition coefficient (Wildman–Crippen LogP) is 3.58. The van der Waals surface area contributed by atoms with Crippen LogP contribution in [0.3, 0.4) is 0 Å². The van der Waals surface area contributed by atoms with E-state index in [0.29, 0.717) is 10.0 Å². The average molecular weight is 258 g/mol. The smallest absolute Gasteiger partial charge is 0.228 e. The molecule has 0 bridgehead atoms. The minimum atomic E-state index is 0.615. The molecule has 1 aromatic heterocycles. The third kappa shape index (κ3) is 1.61. The van der Waals surface area contributed by atoms with Crippen LogP contribution in [0.4, 0.5) is 0 Å². The van der Waals surface area contributed by atoms with Crippen LogP contribution in [0, 0.1) is 6.92 Å². The Bertz CT molecular complexity index is 497. The van der Waals surface area contributed by atoms with Gasteiger partial charge < -0.3 is 0 Å². The minimum Gasteiger partial charge on any atom is -0.228 e. The molecule has 4 heteroatoms. The van der Waals surface area contributed by atoms with Crippen molar-refractivity contribution < 1.29 is 4.57 Å². The average Bonchev–Trinajstić information content (AvgIpc) is 2.50. The van der Waals surface area contributed by atoms with E-state index in [2.05, 4.69) is 29.9 Å². The highest BCUT2D eigenvalue weighted by molar-refractivity contribution is 6.42. The lowest BCUT2D eigenvalue weighted by Crippen LogP contribution is -2.35. The zero-order valence-corrected chi connectivity index (χ0v) is 11.2. The van der Waals surface area contributed by atoms with E-state index in [1.54, 1.807) is 0 Å². The highest BCUT2D eigenvalue weighted by atomic mass is 35.5. The Morgan fingerprint density at radius 2 is 1.81 bits per heavy atom. The summed E-state index contributed by atoms with van der Waals surface area (Å²) in [6.45, 7) is 8.26. The van der Waals surface area contributed by atoms with Crippen molar-refractivity contribution in [3.8, 4) is 0 Å². The van der Waals surface area contributed by atoms with Gasteiger partial charge >= 0.3 is 0 Å². The summed E-state index contributed by atoms with van der Waals surface area (Å²) in [5.41, 5.74) is 2.30. The first-order chi connectivity index (χ1) is 7.60. The van der Waals surface area contributed by atoms with Crippen LogP contribution < -0.4 is 4.57 Å². The summed E-state index contributed by atoms with van der Waals surface area (Å²) < 4.78 is 4.50. The lowest BCUT2D eigenvalue weighted by molar-refractivity contribution is -0.674. The van der Waals surface area contributed by atoms with Crippen LogP contribution >= 0.6 is 23.2 Å². The second-order valence-corrected chi connectivity index (χ2v) is 4.61. The Hall–Kier alpha value is -0.730. The molecule has 0 aliphatic rings. The fourth-order valence-corrected chi connectivity index (χ4v) is 2.57. The summed E-state index contributed by atoms with van der Waals surface area (Å²) in [5, 5.41) is 1.23. The number of rotatable bonds is 2. The highest BCUT2D eigenvalue weighted by Gasteiger charge is 2.20. The van der Waals surface area contributed by atoms with Crippen LogP contribution in [-0.2, 0) is 13.1 Å². The van der Waals surface area contributed by atoms with E-state index in [9.17, 15) is 0 Å². The highest BCUT2D eigenvalue weighted by Crippen LogP contribution is 2.27. The third-order valence-corrected chi connectivity index (χ3v) is 3.73. The van der Waals surface area contributed by atoms with Crippen molar-refractivity contribution in [1.29, 1.82) is 0 Å². The van der Waals surface area contributed by atoms with Gasteiger partial charge in [0.1, 0.15) is 0 Å². The molecule has 0 aliphatic carbocycles. The lowest BCUT2D eigenvalue weighted by Gasteiger charge is -1.95. The van der Waals surface area contributed by atoms with Gasteiger partial charge in [0, 0.05) is 19.1 Å². The van der Waals surface area contributed by atoms with E-state index in [4.69, 9.17) is 23.2 Å². The standard InChI is InChI=1S/C12H15Cl2N2/c1-4-15-8(3)16(5-2)12-7-10(14)9(13)6-11(12)15/h6-7H,4-5H2,1-3H3/q+1. The van der Waals surface area contributed by atoms with Gasteiger partial charge in [0.25, 0.3) is 5.82 Å². The van der Waals surface area contributed by atoms with Gasteiger partial charge in [-0.15, -0.1) is 0 Å². The number of nitrogens with zero attached hydrogens (tertiary/aromatic N) is 2. The second-order valence-electron chi connectivity index (χ2n) is 3.79. The molecular weight excluding hydrogens is 243 g/mol. The Labute approximate surface area is 105 Å². The largest absolute Gasteiger partial charge is 0.254 e. The Morgan fingerprint density at radius 3 is 2.38 bits per heavy atom. The summed E-state index contributed by atoms with van der Waals surface area (Å²) >= 11 is 12.1. The van der Waals surface area contributed by atoms with E-state index in [1.807, 2.05) is 12.1 Å². The molecular formula is C12H15Cl2N2+. The number of hydrogen-bond acceptors (Lipinski definition) is 0. The Kier molecular flexibility index (Phi) is 3.13. The van der Waals surface area contributed by atoms with Crippen LogP contribution in [0.1, 0.15) is 19.7 Å². The molecule has 2 rings (SSSR count). The number of aryl methyl sites for hydroxylation is 2. The van der Waals surface area contributed by atoms with Crippen molar-refractivity contribution >= 4 is 34.2 Å². The first-order valence-electron chi connectivity index (χ1n) is 5.47. The SMILES string of the molecule is CCn1c(C)[n+](CC)c2cc(Cl)c(Cl)cc21. The lowest BCUT2D eigenvalue weighted by atomic mass is 10.3. The van der Waals surface area contributed by atoms with Crippen molar-refractivity contribution in [2.75, 3.05) is 0 Å². The molecule has 1 heterocycles. The van der Waals surface area contributed by atoms with Gasteiger partial charge in [-0.1, -0.05) is 23.2 Å². The molecule has 2 aromatic rings. The Balaban J connectivity index is 2.89. The molecule has 0 N–H and O–H groups in total. The molecule has 0 atom stereocenters. The molecule has 0 radical (unpaired) electrons. The van der Waals surface area contributed by atoms with Gasteiger partial charge in [0.2, 0.25) is 0 Å². The maximum Gasteiger partial charge on any atom is 0.254 e. The van der Waals surface area contributed by atoms with Gasteiger partial charge in [0.15, 0.2) is 11.0 Å². The zero-order valence-electron chi connectivity index (χ0n) is 9.72. The summed E-state index contributed by atoms with van der Waals surface area (Å²) in [7, 11) is 0. The van der Waals surface area contributed by atoms with Gasteiger partial charge in [-0.2, -0.15) is 0 Å². The van der Waals surface area contributed by atoms with Crippen molar-refractivity contribution in [3.05, 3.63) is 28.0 Å². The molecule has 0 amide bonds. The van der Waals surface area contributed by atoms with Gasteiger partial charge in [-0.25, -0.2) is 9.13 Å². The number of halogens is 2. The molecule has 2 nitrogen and oxygen atoms in total. The van der Waals surface area contributed by atoms with Gasteiger partial charge in [0.05, 0.1) is 23.1 Å². The van der Waals surface area contributed by atoms with Crippen molar-refractivity contribution in [3.63, 3.8) is 0 Å². The summed E-state index contributed by atoms with van der Waals surface area (Å²) in [6.07, 6.45) is 0. The van der Waals surface area contributed by atoms with E-state index >= 15 is 0 Å². The number of benzene rings is 1. The predicted molar refractivity (Wildman–Crippen MR) is 68.2 cm³/mol. The molecule has 1 aromatic carbocycles. The quantitative estimate of drug-likeness (QED) is 0.728. The van der Waals surface area contributed by atoms with Crippen molar-refractivity contribution in [1.82, 2.24) is 4.57 Å². The number of aromatic nitrogens is 2. The van der Waals surface area contributed by atoms with Crippen LogP contribution in [-0.4, -0.2) is 4.57 Å². The van der Waals surface area contributed by atoms with Crippen LogP contribution in [0.15, 0.2) is 12.1 Å². The first kappa shape index (κ1) is 11.7. The van der Waals surface area contributed by atoms with Crippen molar-refractivity contribution in [2.45, 2.75) is 33.9 Å². The van der Waals surface area contributed by atoms with Crippen LogP contribution in [0.5, 0.6) is 0 Å². The van der Waals surface area contributed by atoms with E-state index in [-0.39, 0.29) is 0 Å². The van der Waals surface area contributed by atoms with Crippen LogP contribution in [0.25, 0.3) is 11.0 Å². The maximum atomic E-state index is 6.07. The third-order valence-electron chi connectivity index (χ3n) is 3.01. The van der Waals surface area contributed by atoms with E-state index < -0.39 is 0 Å². The molecule has 0 saturated carbocycles. The topological polar surface area (TPSA) is 8.81 Å². The molecule has 86 valence electrons. The molecule has 0 saturated heterocycles. The summed E-state index contributed by atoms with van der Waals surface area (Å²) in [5.74, 6) is 1.23. The number of hydrogen-bond donors (Lipinski definition) is 0.